The lowest BCUT2D eigenvalue weighted by Crippen LogP contribution is -2.33. The molecule has 0 aliphatic heterocycles. The van der Waals surface area contributed by atoms with Gasteiger partial charge in [-0.05, 0) is 20.2 Å². The molecule has 0 atom stereocenters. The predicted octanol–water partition coefficient (Wildman–Crippen LogP) is 0.359. The average molecular weight is 302 g/mol. The number of nitrogen functional groups attached to an aromatic ring is 1. The summed E-state index contributed by atoms with van der Waals surface area (Å²) < 4.78 is 25.8. The number of nitro benzene ring substituents is 1. The Labute approximate surface area is 118 Å². The molecule has 0 aliphatic carbocycles. The smallest absolute Gasteiger partial charge is 0.270 e. The van der Waals surface area contributed by atoms with Crippen LogP contribution in [-0.2, 0) is 10.0 Å². The van der Waals surface area contributed by atoms with E-state index in [4.69, 9.17) is 5.73 Å². The maximum absolute atomic E-state index is 12.3. The number of anilines is 1. The van der Waals surface area contributed by atoms with Crippen LogP contribution in [0.3, 0.4) is 0 Å². The summed E-state index contributed by atoms with van der Waals surface area (Å²) in [6.45, 7) is 0.794. The Hall–Kier alpha value is -1.71. The predicted molar refractivity (Wildman–Crippen MR) is 75.9 cm³/mol. The van der Waals surface area contributed by atoms with Crippen molar-refractivity contribution in [3.63, 3.8) is 0 Å². The molecule has 1 aromatic rings. The summed E-state index contributed by atoms with van der Waals surface area (Å²) in [7, 11) is 1.21. The third-order valence-corrected chi connectivity index (χ3v) is 4.67. The molecular formula is C11H18N4O4S. The molecule has 0 amide bonds. The van der Waals surface area contributed by atoms with E-state index in [0.29, 0.717) is 6.54 Å². The zero-order chi connectivity index (χ0) is 15.5. The van der Waals surface area contributed by atoms with Crippen molar-refractivity contribution < 1.29 is 13.3 Å². The third kappa shape index (κ3) is 3.65. The summed E-state index contributed by atoms with van der Waals surface area (Å²) >= 11 is 0. The van der Waals surface area contributed by atoms with Crippen LogP contribution in [0.2, 0.25) is 0 Å². The van der Waals surface area contributed by atoms with E-state index in [-0.39, 0.29) is 22.8 Å². The van der Waals surface area contributed by atoms with Gasteiger partial charge < -0.3 is 10.6 Å². The molecule has 0 radical (unpaired) electrons. The topological polar surface area (TPSA) is 110 Å². The standard InChI is InChI=1S/C11H18N4O4S/c1-13(2)6-7-14(3)20(18,19)11-8-9(15(16)17)4-5-10(11)12/h4-5,8H,6-7,12H2,1-3H3. The van der Waals surface area contributed by atoms with Gasteiger partial charge in [-0.1, -0.05) is 0 Å². The lowest BCUT2D eigenvalue weighted by atomic mass is 10.3. The number of likely N-dealkylation sites (N-methyl/N-ethyl adjacent to an activating group) is 2. The minimum Gasteiger partial charge on any atom is -0.398 e. The Bertz CT molecular complexity index is 600. The van der Waals surface area contributed by atoms with Gasteiger partial charge in [0.2, 0.25) is 10.0 Å². The van der Waals surface area contributed by atoms with E-state index in [9.17, 15) is 18.5 Å². The van der Waals surface area contributed by atoms with E-state index in [1.54, 1.807) is 0 Å². The first kappa shape index (κ1) is 16.3. The van der Waals surface area contributed by atoms with Crippen LogP contribution in [0.1, 0.15) is 0 Å². The molecule has 1 aromatic carbocycles. The molecule has 1 rings (SSSR count). The van der Waals surface area contributed by atoms with Crippen molar-refractivity contribution in [1.29, 1.82) is 0 Å². The second kappa shape index (κ2) is 6.16. The molecule has 0 bridgehead atoms. The molecule has 0 aliphatic rings. The van der Waals surface area contributed by atoms with Crippen LogP contribution in [0, 0.1) is 10.1 Å². The number of hydrogen-bond donors (Lipinski definition) is 1. The summed E-state index contributed by atoms with van der Waals surface area (Å²) in [5, 5.41) is 10.7. The normalized spacial score (nSPS) is 12.1. The number of non-ortho nitro benzene ring substituents is 1. The first-order chi connectivity index (χ1) is 9.16. The van der Waals surface area contributed by atoms with Crippen LogP contribution in [0.5, 0.6) is 0 Å². The fourth-order valence-electron chi connectivity index (χ4n) is 1.49. The molecule has 0 saturated heterocycles. The molecule has 0 unspecified atom stereocenters. The molecule has 0 saturated carbocycles. The Morgan fingerprint density at radius 2 is 1.85 bits per heavy atom. The number of rotatable bonds is 6. The lowest BCUT2D eigenvalue weighted by molar-refractivity contribution is -0.385. The summed E-state index contributed by atoms with van der Waals surface area (Å²) in [6, 6.07) is 3.38. The number of hydrogen-bond acceptors (Lipinski definition) is 6. The van der Waals surface area contributed by atoms with Crippen molar-refractivity contribution in [1.82, 2.24) is 9.21 Å². The van der Waals surface area contributed by atoms with Crippen molar-refractivity contribution in [3.05, 3.63) is 28.3 Å². The second-order valence-electron chi connectivity index (χ2n) is 4.61. The zero-order valence-corrected chi connectivity index (χ0v) is 12.4. The number of nitrogens with two attached hydrogens (primary N) is 1. The first-order valence-corrected chi connectivity index (χ1v) is 7.25. The minimum atomic E-state index is -3.84. The van der Waals surface area contributed by atoms with Crippen LogP contribution >= 0.6 is 0 Å². The van der Waals surface area contributed by atoms with Crippen molar-refractivity contribution in [2.75, 3.05) is 40.0 Å². The van der Waals surface area contributed by atoms with Gasteiger partial charge in [0.15, 0.2) is 0 Å². The molecule has 0 heterocycles. The first-order valence-electron chi connectivity index (χ1n) is 5.81. The third-order valence-electron chi connectivity index (χ3n) is 2.76. The highest BCUT2D eigenvalue weighted by Gasteiger charge is 2.25. The highest BCUT2D eigenvalue weighted by Crippen LogP contribution is 2.26. The molecular weight excluding hydrogens is 284 g/mol. The molecule has 112 valence electrons. The fraction of sp³-hybridized carbons (Fsp3) is 0.455. The fourth-order valence-corrected chi connectivity index (χ4v) is 2.78. The number of sulfonamides is 1. The molecule has 9 heteroatoms. The molecule has 0 aromatic heterocycles. The quantitative estimate of drug-likeness (QED) is 0.461. The van der Waals surface area contributed by atoms with E-state index < -0.39 is 14.9 Å². The van der Waals surface area contributed by atoms with Crippen LogP contribution in [-0.4, -0.2) is 56.8 Å². The number of benzene rings is 1. The Balaban J connectivity index is 3.14. The summed E-state index contributed by atoms with van der Waals surface area (Å²) in [5.74, 6) is 0. The zero-order valence-electron chi connectivity index (χ0n) is 11.6. The summed E-state index contributed by atoms with van der Waals surface area (Å²) in [5.41, 5.74) is 5.32. The number of nitro groups is 1. The van der Waals surface area contributed by atoms with Gasteiger partial charge in [0, 0.05) is 32.3 Å². The molecule has 0 fully saturated rings. The maximum Gasteiger partial charge on any atom is 0.270 e. The van der Waals surface area contributed by atoms with Gasteiger partial charge in [-0.15, -0.1) is 0 Å². The average Bonchev–Trinajstić information content (AvgIpc) is 2.35. The monoisotopic (exact) mass is 302 g/mol. The second-order valence-corrected chi connectivity index (χ2v) is 6.62. The van der Waals surface area contributed by atoms with Crippen LogP contribution in [0.25, 0.3) is 0 Å². The summed E-state index contributed by atoms with van der Waals surface area (Å²) in [6.07, 6.45) is 0. The SMILES string of the molecule is CN(C)CCN(C)S(=O)(=O)c1cc([N+](=O)[O-])ccc1N. The maximum atomic E-state index is 12.3. The Morgan fingerprint density at radius 1 is 1.25 bits per heavy atom. The molecule has 20 heavy (non-hydrogen) atoms. The van der Waals surface area contributed by atoms with E-state index in [2.05, 4.69) is 0 Å². The summed E-state index contributed by atoms with van der Waals surface area (Å²) in [4.78, 5) is 11.7. The van der Waals surface area contributed by atoms with Gasteiger partial charge in [-0.25, -0.2) is 8.42 Å². The highest BCUT2D eigenvalue weighted by molar-refractivity contribution is 7.89. The van der Waals surface area contributed by atoms with Gasteiger partial charge in [0.25, 0.3) is 5.69 Å². The van der Waals surface area contributed by atoms with Gasteiger partial charge >= 0.3 is 0 Å². The Morgan fingerprint density at radius 3 is 2.35 bits per heavy atom. The highest BCUT2D eigenvalue weighted by atomic mass is 32.2. The van der Waals surface area contributed by atoms with Crippen LogP contribution < -0.4 is 5.73 Å². The van der Waals surface area contributed by atoms with Crippen molar-refractivity contribution >= 4 is 21.4 Å². The van der Waals surface area contributed by atoms with E-state index in [0.717, 1.165) is 10.4 Å². The van der Waals surface area contributed by atoms with E-state index in [1.165, 1.54) is 19.2 Å². The molecule has 0 spiro atoms. The van der Waals surface area contributed by atoms with Crippen molar-refractivity contribution in [2.24, 2.45) is 0 Å². The lowest BCUT2D eigenvalue weighted by Gasteiger charge is -2.20. The van der Waals surface area contributed by atoms with Gasteiger partial charge in [-0.3, -0.25) is 10.1 Å². The van der Waals surface area contributed by atoms with Gasteiger partial charge in [0.1, 0.15) is 4.90 Å². The van der Waals surface area contributed by atoms with E-state index in [1.807, 2.05) is 19.0 Å². The van der Waals surface area contributed by atoms with E-state index >= 15 is 0 Å². The molecule has 8 nitrogen and oxygen atoms in total. The van der Waals surface area contributed by atoms with Gasteiger partial charge in [0.05, 0.1) is 10.6 Å². The molecule has 2 N–H and O–H groups in total. The van der Waals surface area contributed by atoms with Gasteiger partial charge in [-0.2, -0.15) is 4.31 Å². The minimum absolute atomic E-state index is 0.00713. The number of nitrogens with zero attached hydrogens (tertiary/aromatic N) is 3. The Kier molecular flexibility index (Phi) is 5.03. The largest absolute Gasteiger partial charge is 0.398 e. The van der Waals surface area contributed by atoms with Crippen molar-refractivity contribution in [3.8, 4) is 0 Å². The van der Waals surface area contributed by atoms with Crippen LogP contribution in [0.15, 0.2) is 23.1 Å². The van der Waals surface area contributed by atoms with Crippen LogP contribution in [0.4, 0.5) is 11.4 Å². The van der Waals surface area contributed by atoms with Crippen molar-refractivity contribution in [2.45, 2.75) is 4.90 Å².